The minimum atomic E-state index is -0.760. The summed E-state index contributed by atoms with van der Waals surface area (Å²) in [6.45, 7) is 3.33. The zero-order chi connectivity index (χ0) is 11.0. The van der Waals surface area contributed by atoms with Gasteiger partial charge in [0.15, 0.2) is 0 Å². The van der Waals surface area contributed by atoms with Crippen LogP contribution in [0.1, 0.15) is 26.2 Å². The van der Waals surface area contributed by atoms with Crippen LogP contribution < -0.4 is 0 Å². The van der Waals surface area contributed by atoms with Crippen LogP contribution in [0.15, 0.2) is 0 Å². The van der Waals surface area contributed by atoms with E-state index in [0.29, 0.717) is 0 Å². The molecule has 0 aliphatic rings. The molecule has 0 aromatic rings. The summed E-state index contributed by atoms with van der Waals surface area (Å²) in [5, 5.41) is 8.73. The van der Waals surface area contributed by atoms with E-state index in [4.69, 9.17) is 9.84 Å². The van der Waals surface area contributed by atoms with Crippen molar-refractivity contribution >= 4 is 18.4 Å². The third-order valence-electron chi connectivity index (χ3n) is 2.38. The standard InChI is InChI=1S/C10H21NO3.ClH/c1-9(10(12)13)11(2)7-5-4-6-8-14-3;/h9H,4-8H2,1-3H3,(H,12,13);1H. The lowest BCUT2D eigenvalue weighted by atomic mass is 10.2. The van der Waals surface area contributed by atoms with E-state index in [1.165, 1.54) is 0 Å². The SMILES string of the molecule is COCCCCCN(C)C(C)C(=O)O.Cl. The summed E-state index contributed by atoms with van der Waals surface area (Å²) in [4.78, 5) is 12.5. The summed E-state index contributed by atoms with van der Waals surface area (Å²) in [6.07, 6.45) is 3.16. The third-order valence-corrected chi connectivity index (χ3v) is 2.38. The maximum Gasteiger partial charge on any atom is 0.320 e. The molecule has 1 N–H and O–H groups in total. The van der Waals surface area contributed by atoms with E-state index < -0.39 is 12.0 Å². The molecule has 0 heterocycles. The minimum absolute atomic E-state index is 0. The number of unbranched alkanes of at least 4 members (excludes halogenated alkanes) is 2. The van der Waals surface area contributed by atoms with Gasteiger partial charge in [-0.05, 0) is 39.8 Å². The topological polar surface area (TPSA) is 49.8 Å². The van der Waals surface area contributed by atoms with E-state index in [1.807, 2.05) is 11.9 Å². The summed E-state index contributed by atoms with van der Waals surface area (Å²) in [6, 6.07) is -0.391. The average molecular weight is 240 g/mol. The predicted molar refractivity (Wildman–Crippen MR) is 62.7 cm³/mol. The number of nitrogens with zero attached hydrogens (tertiary/aromatic N) is 1. The lowest BCUT2D eigenvalue weighted by molar-refractivity contribution is -0.142. The van der Waals surface area contributed by atoms with E-state index in [1.54, 1.807) is 14.0 Å². The number of aliphatic carboxylic acids is 1. The zero-order valence-corrected chi connectivity index (χ0v) is 10.5. The Morgan fingerprint density at radius 1 is 1.40 bits per heavy atom. The van der Waals surface area contributed by atoms with Crippen molar-refractivity contribution in [2.75, 3.05) is 27.3 Å². The first-order valence-electron chi connectivity index (χ1n) is 5.01. The highest BCUT2D eigenvalue weighted by molar-refractivity contribution is 5.85. The molecule has 0 spiro atoms. The Labute approximate surface area is 98.0 Å². The molecule has 15 heavy (non-hydrogen) atoms. The molecule has 0 rings (SSSR count). The molecule has 0 aliphatic carbocycles. The number of carbonyl (C=O) groups is 1. The first-order valence-corrected chi connectivity index (χ1v) is 5.01. The molecule has 0 bridgehead atoms. The first kappa shape index (κ1) is 17.1. The molecule has 1 atom stereocenters. The highest BCUT2D eigenvalue weighted by Gasteiger charge is 2.15. The fraction of sp³-hybridized carbons (Fsp3) is 0.900. The van der Waals surface area contributed by atoms with Crippen molar-refractivity contribution < 1.29 is 14.6 Å². The van der Waals surface area contributed by atoms with Gasteiger partial charge in [0, 0.05) is 13.7 Å². The van der Waals surface area contributed by atoms with E-state index in [0.717, 1.165) is 32.4 Å². The van der Waals surface area contributed by atoms with E-state index in [-0.39, 0.29) is 12.4 Å². The average Bonchev–Trinajstić information content (AvgIpc) is 2.16. The number of carboxylic acid groups (broad SMARTS) is 1. The van der Waals surface area contributed by atoms with Gasteiger partial charge in [0.05, 0.1) is 0 Å². The van der Waals surface area contributed by atoms with Crippen molar-refractivity contribution in [3.63, 3.8) is 0 Å². The predicted octanol–water partition coefficient (Wildman–Crippen LogP) is 1.63. The van der Waals surface area contributed by atoms with Crippen LogP contribution in [-0.2, 0) is 9.53 Å². The molecule has 92 valence electrons. The van der Waals surface area contributed by atoms with Crippen molar-refractivity contribution in [1.29, 1.82) is 0 Å². The van der Waals surface area contributed by atoms with Gasteiger partial charge in [-0.3, -0.25) is 9.69 Å². The monoisotopic (exact) mass is 239 g/mol. The van der Waals surface area contributed by atoms with Gasteiger partial charge in [-0.1, -0.05) is 0 Å². The highest BCUT2D eigenvalue weighted by Crippen LogP contribution is 2.01. The summed E-state index contributed by atoms with van der Waals surface area (Å²) in [5.74, 6) is -0.760. The van der Waals surface area contributed by atoms with Crippen molar-refractivity contribution in [1.82, 2.24) is 4.90 Å². The molecule has 0 radical (unpaired) electrons. The normalized spacial score (nSPS) is 12.3. The van der Waals surface area contributed by atoms with E-state index in [2.05, 4.69) is 0 Å². The smallest absolute Gasteiger partial charge is 0.320 e. The summed E-state index contributed by atoms with van der Waals surface area (Å²) < 4.78 is 4.93. The Morgan fingerprint density at radius 2 is 2.00 bits per heavy atom. The third kappa shape index (κ3) is 8.66. The number of carboxylic acids is 1. The van der Waals surface area contributed by atoms with E-state index in [9.17, 15) is 4.79 Å². The highest BCUT2D eigenvalue weighted by atomic mass is 35.5. The van der Waals surface area contributed by atoms with Gasteiger partial charge < -0.3 is 9.84 Å². The second-order valence-electron chi connectivity index (χ2n) is 3.55. The Hall–Kier alpha value is -0.320. The number of hydrogen-bond donors (Lipinski definition) is 1. The molecule has 4 nitrogen and oxygen atoms in total. The Bertz CT molecular complexity index is 167. The molecule has 0 aromatic heterocycles. The number of halogens is 1. The number of rotatable bonds is 8. The quantitative estimate of drug-likeness (QED) is 0.654. The summed E-state index contributed by atoms with van der Waals surface area (Å²) in [5.41, 5.74) is 0. The second-order valence-corrected chi connectivity index (χ2v) is 3.55. The molecular weight excluding hydrogens is 218 g/mol. The van der Waals surface area contributed by atoms with Gasteiger partial charge in [-0.2, -0.15) is 0 Å². The lowest BCUT2D eigenvalue weighted by Gasteiger charge is -2.20. The van der Waals surface area contributed by atoms with Crippen LogP contribution in [0.4, 0.5) is 0 Å². The number of ether oxygens (including phenoxy) is 1. The summed E-state index contributed by atoms with van der Waals surface area (Å²) in [7, 11) is 3.54. The van der Waals surface area contributed by atoms with Gasteiger partial charge in [0.2, 0.25) is 0 Å². The lowest BCUT2D eigenvalue weighted by Crippen LogP contribution is -2.36. The number of hydrogen-bond acceptors (Lipinski definition) is 3. The fourth-order valence-electron chi connectivity index (χ4n) is 1.17. The van der Waals surface area contributed by atoms with Crippen LogP contribution in [0.25, 0.3) is 0 Å². The minimum Gasteiger partial charge on any atom is -0.480 e. The molecular formula is C10H22ClNO3. The van der Waals surface area contributed by atoms with Crippen LogP contribution in [0.5, 0.6) is 0 Å². The molecule has 0 amide bonds. The zero-order valence-electron chi connectivity index (χ0n) is 9.73. The summed E-state index contributed by atoms with van der Waals surface area (Å²) >= 11 is 0. The van der Waals surface area contributed by atoms with Gasteiger partial charge in [-0.15, -0.1) is 12.4 Å². The molecule has 0 aliphatic heterocycles. The van der Waals surface area contributed by atoms with Gasteiger partial charge >= 0.3 is 5.97 Å². The maximum atomic E-state index is 10.6. The van der Waals surface area contributed by atoms with Crippen LogP contribution >= 0.6 is 12.4 Å². The van der Waals surface area contributed by atoms with Gasteiger partial charge in [0.1, 0.15) is 6.04 Å². The van der Waals surface area contributed by atoms with Crippen molar-refractivity contribution in [3.05, 3.63) is 0 Å². The number of likely N-dealkylation sites (N-methyl/N-ethyl adjacent to an activating group) is 1. The van der Waals surface area contributed by atoms with Gasteiger partial charge in [0.25, 0.3) is 0 Å². The molecule has 0 aromatic carbocycles. The molecule has 0 saturated heterocycles. The largest absolute Gasteiger partial charge is 0.480 e. The second kappa shape index (κ2) is 10.2. The Kier molecular flexibility index (Phi) is 11.6. The maximum absolute atomic E-state index is 10.6. The van der Waals surface area contributed by atoms with E-state index >= 15 is 0 Å². The molecule has 0 fully saturated rings. The molecule has 0 saturated carbocycles. The Balaban J connectivity index is 0. The van der Waals surface area contributed by atoms with Crippen LogP contribution in [0, 0.1) is 0 Å². The van der Waals surface area contributed by atoms with Crippen molar-refractivity contribution in [2.24, 2.45) is 0 Å². The van der Waals surface area contributed by atoms with Crippen LogP contribution in [-0.4, -0.2) is 49.3 Å². The van der Waals surface area contributed by atoms with Crippen molar-refractivity contribution in [2.45, 2.75) is 32.2 Å². The fourth-order valence-corrected chi connectivity index (χ4v) is 1.17. The Morgan fingerprint density at radius 3 is 2.47 bits per heavy atom. The number of methoxy groups -OCH3 is 1. The van der Waals surface area contributed by atoms with Crippen molar-refractivity contribution in [3.8, 4) is 0 Å². The van der Waals surface area contributed by atoms with Gasteiger partial charge in [-0.25, -0.2) is 0 Å². The molecule has 5 heteroatoms. The first-order chi connectivity index (χ1) is 6.59. The van der Waals surface area contributed by atoms with Crippen LogP contribution in [0.3, 0.4) is 0 Å². The van der Waals surface area contributed by atoms with Crippen LogP contribution in [0.2, 0.25) is 0 Å². The molecule has 1 unspecified atom stereocenters.